The Hall–Kier alpha value is -0.780. The van der Waals surface area contributed by atoms with Crippen molar-refractivity contribution in [1.29, 1.82) is 0 Å². The Morgan fingerprint density at radius 1 is 1.21 bits per heavy atom. The van der Waals surface area contributed by atoms with E-state index in [0.717, 1.165) is 27.5 Å². The molecule has 1 unspecified atom stereocenters. The molecule has 0 radical (unpaired) electrons. The molecule has 0 aliphatic carbocycles. The molecule has 100 valence electrons. The van der Waals surface area contributed by atoms with Crippen LogP contribution in [-0.4, -0.2) is 16.5 Å². The van der Waals surface area contributed by atoms with Gasteiger partial charge in [0.25, 0.3) is 0 Å². The van der Waals surface area contributed by atoms with Gasteiger partial charge in [-0.05, 0) is 36.7 Å². The molecule has 0 saturated heterocycles. The molecular weight excluding hydrogens is 370 g/mol. The van der Waals surface area contributed by atoms with E-state index in [9.17, 15) is 0 Å². The predicted octanol–water partition coefficient (Wildman–Crippen LogP) is 4.09. The maximum Gasteiger partial charge on any atom is 0.115 e. The van der Waals surface area contributed by atoms with Crippen LogP contribution in [0.1, 0.15) is 30.5 Å². The highest BCUT2D eigenvalue weighted by Gasteiger charge is 2.17. The summed E-state index contributed by atoms with van der Waals surface area (Å²) in [5.41, 5.74) is 2.24. The molecule has 0 aliphatic heterocycles. The Balaban J connectivity index is 2.40. The Morgan fingerprint density at radius 2 is 1.95 bits per heavy atom. The summed E-state index contributed by atoms with van der Waals surface area (Å²) in [5, 5.41) is 3.54. The Bertz CT molecular complexity index is 531. The van der Waals surface area contributed by atoms with Crippen LogP contribution in [0, 0.1) is 0 Å². The van der Waals surface area contributed by atoms with E-state index in [-0.39, 0.29) is 6.04 Å². The summed E-state index contributed by atoms with van der Waals surface area (Å²) in [5.74, 6) is 0. The minimum atomic E-state index is 0.0908. The molecule has 0 saturated carbocycles. The fourth-order valence-electron chi connectivity index (χ4n) is 1.89. The number of nitrogens with zero attached hydrogens (tertiary/aromatic N) is 2. The first-order valence-corrected chi connectivity index (χ1v) is 7.74. The van der Waals surface area contributed by atoms with Gasteiger partial charge in [-0.15, -0.1) is 0 Å². The van der Waals surface area contributed by atoms with E-state index in [1.165, 1.54) is 5.56 Å². The van der Waals surface area contributed by atoms with E-state index >= 15 is 0 Å². The van der Waals surface area contributed by atoms with Crippen molar-refractivity contribution in [2.45, 2.75) is 19.4 Å². The Labute approximate surface area is 130 Å². The van der Waals surface area contributed by atoms with E-state index < -0.39 is 0 Å². The molecule has 0 bridgehead atoms. The molecule has 1 aromatic carbocycles. The molecule has 5 heteroatoms. The highest BCUT2D eigenvalue weighted by molar-refractivity contribution is 9.11. The van der Waals surface area contributed by atoms with Crippen LogP contribution >= 0.6 is 31.9 Å². The van der Waals surface area contributed by atoms with Crippen LogP contribution in [0.25, 0.3) is 0 Å². The van der Waals surface area contributed by atoms with Crippen molar-refractivity contribution >= 4 is 31.9 Å². The van der Waals surface area contributed by atoms with Gasteiger partial charge in [0, 0.05) is 26.9 Å². The zero-order valence-electron chi connectivity index (χ0n) is 10.6. The van der Waals surface area contributed by atoms with Crippen molar-refractivity contribution in [3.05, 3.63) is 57.0 Å². The first kappa shape index (κ1) is 14.6. The number of halogens is 2. The standard InChI is InChI=1S/C14H15Br2N3/c1-2-5-19-14(10-7-17-9-18-8-10)12-6-11(15)3-4-13(12)16/h3-4,6-9,14,19H,2,5H2,1H3. The molecule has 0 amide bonds. The summed E-state index contributed by atoms with van der Waals surface area (Å²) in [6.45, 7) is 3.10. The fourth-order valence-corrected chi connectivity index (χ4v) is 2.75. The average molecular weight is 385 g/mol. The molecule has 1 N–H and O–H groups in total. The van der Waals surface area contributed by atoms with Crippen LogP contribution in [0.5, 0.6) is 0 Å². The molecule has 0 fully saturated rings. The minimum Gasteiger partial charge on any atom is -0.306 e. The lowest BCUT2D eigenvalue weighted by atomic mass is 10.0. The molecule has 1 atom stereocenters. The van der Waals surface area contributed by atoms with E-state index in [1.54, 1.807) is 6.33 Å². The number of aromatic nitrogens is 2. The zero-order chi connectivity index (χ0) is 13.7. The highest BCUT2D eigenvalue weighted by Crippen LogP contribution is 2.30. The first-order chi connectivity index (χ1) is 9.22. The quantitative estimate of drug-likeness (QED) is 0.843. The van der Waals surface area contributed by atoms with Gasteiger partial charge >= 0.3 is 0 Å². The number of hydrogen-bond donors (Lipinski definition) is 1. The van der Waals surface area contributed by atoms with E-state index in [0.29, 0.717) is 0 Å². The van der Waals surface area contributed by atoms with Gasteiger partial charge in [-0.2, -0.15) is 0 Å². The van der Waals surface area contributed by atoms with Gasteiger partial charge in [0.1, 0.15) is 6.33 Å². The predicted molar refractivity (Wildman–Crippen MR) is 84.0 cm³/mol. The van der Waals surface area contributed by atoms with Gasteiger partial charge < -0.3 is 5.32 Å². The maximum absolute atomic E-state index is 4.11. The minimum absolute atomic E-state index is 0.0908. The zero-order valence-corrected chi connectivity index (χ0v) is 13.8. The monoisotopic (exact) mass is 383 g/mol. The number of hydrogen-bond acceptors (Lipinski definition) is 3. The second-order valence-corrected chi connectivity index (χ2v) is 5.99. The normalized spacial score (nSPS) is 12.4. The third kappa shape index (κ3) is 3.84. The third-order valence-electron chi connectivity index (χ3n) is 2.78. The Morgan fingerprint density at radius 3 is 2.63 bits per heavy atom. The first-order valence-electron chi connectivity index (χ1n) is 6.15. The molecule has 1 aromatic heterocycles. The van der Waals surface area contributed by atoms with Crippen molar-refractivity contribution in [2.75, 3.05) is 6.54 Å². The second kappa shape index (κ2) is 7.12. The lowest BCUT2D eigenvalue weighted by molar-refractivity contribution is 0.593. The van der Waals surface area contributed by atoms with Crippen LogP contribution in [0.4, 0.5) is 0 Å². The molecule has 2 rings (SSSR count). The van der Waals surface area contributed by atoms with Crippen LogP contribution in [0.3, 0.4) is 0 Å². The van der Waals surface area contributed by atoms with Crippen LogP contribution < -0.4 is 5.32 Å². The van der Waals surface area contributed by atoms with Crippen LogP contribution in [0.15, 0.2) is 45.9 Å². The van der Waals surface area contributed by atoms with E-state index in [2.05, 4.69) is 60.1 Å². The third-order valence-corrected chi connectivity index (χ3v) is 4.00. The summed E-state index contributed by atoms with van der Waals surface area (Å²) in [4.78, 5) is 8.23. The second-order valence-electron chi connectivity index (χ2n) is 4.22. The number of rotatable bonds is 5. The summed E-state index contributed by atoms with van der Waals surface area (Å²) in [7, 11) is 0. The summed E-state index contributed by atoms with van der Waals surface area (Å²) >= 11 is 7.14. The summed E-state index contributed by atoms with van der Waals surface area (Å²) in [6, 6.07) is 6.27. The van der Waals surface area contributed by atoms with Crippen molar-refractivity contribution in [3.8, 4) is 0 Å². The maximum atomic E-state index is 4.11. The van der Waals surface area contributed by atoms with E-state index in [1.807, 2.05) is 24.5 Å². The van der Waals surface area contributed by atoms with Crippen molar-refractivity contribution < 1.29 is 0 Å². The smallest absolute Gasteiger partial charge is 0.115 e. The van der Waals surface area contributed by atoms with Gasteiger partial charge in [0.05, 0.1) is 6.04 Å². The molecule has 2 aromatic rings. The summed E-state index contributed by atoms with van der Waals surface area (Å²) < 4.78 is 2.14. The van der Waals surface area contributed by atoms with Crippen LogP contribution in [-0.2, 0) is 0 Å². The lowest BCUT2D eigenvalue weighted by Crippen LogP contribution is -2.23. The topological polar surface area (TPSA) is 37.8 Å². The van der Waals surface area contributed by atoms with Crippen molar-refractivity contribution in [2.24, 2.45) is 0 Å². The van der Waals surface area contributed by atoms with E-state index in [4.69, 9.17) is 0 Å². The molecule has 1 heterocycles. The molecule has 19 heavy (non-hydrogen) atoms. The molecule has 0 aliphatic rings. The highest BCUT2D eigenvalue weighted by atomic mass is 79.9. The SMILES string of the molecule is CCCNC(c1cncnc1)c1cc(Br)ccc1Br. The van der Waals surface area contributed by atoms with Gasteiger partial charge in [0.15, 0.2) is 0 Å². The molecular formula is C14H15Br2N3. The largest absolute Gasteiger partial charge is 0.306 e. The number of nitrogens with one attached hydrogen (secondary N) is 1. The Kier molecular flexibility index (Phi) is 5.48. The van der Waals surface area contributed by atoms with Gasteiger partial charge in [-0.25, -0.2) is 9.97 Å². The number of benzene rings is 1. The van der Waals surface area contributed by atoms with Gasteiger partial charge in [-0.1, -0.05) is 38.8 Å². The van der Waals surface area contributed by atoms with Gasteiger partial charge in [0.2, 0.25) is 0 Å². The summed E-state index contributed by atoms with van der Waals surface area (Å²) in [6.07, 6.45) is 6.34. The van der Waals surface area contributed by atoms with Crippen LogP contribution in [0.2, 0.25) is 0 Å². The van der Waals surface area contributed by atoms with Crippen molar-refractivity contribution in [1.82, 2.24) is 15.3 Å². The average Bonchev–Trinajstić information content (AvgIpc) is 2.44. The lowest BCUT2D eigenvalue weighted by Gasteiger charge is -2.20. The van der Waals surface area contributed by atoms with Gasteiger partial charge in [-0.3, -0.25) is 0 Å². The molecule has 0 spiro atoms. The molecule has 3 nitrogen and oxygen atoms in total. The fraction of sp³-hybridized carbons (Fsp3) is 0.286. The van der Waals surface area contributed by atoms with Crippen molar-refractivity contribution in [3.63, 3.8) is 0 Å².